The van der Waals surface area contributed by atoms with Crippen molar-refractivity contribution in [1.29, 1.82) is 0 Å². The summed E-state index contributed by atoms with van der Waals surface area (Å²) >= 11 is 0. The van der Waals surface area contributed by atoms with E-state index in [1.807, 2.05) is 12.3 Å². The maximum atomic E-state index is 4.31. The highest BCUT2D eigenvalue weighted by Crippen LogP contribution is 2.18. The summed E-state index contributed by atoms with van der Waals surface area (Å²) in [4.78, 5) is 4.31. The number of anilines is 1. The molecule has 0 aliphatic carbocycles. The highest BCUT2D eigenvalue weighted by atomic mass is 35.5. The number of pyridine rings is 1. The molecule has 1 aromatic heterocycles. The monoisotopic (exact) mass is 249 g/mol. The van der Waals surface area contributed by atoms with Crippen LogP contribution in [0.25, 0.3) is 10.9 Å². The molecule has 1 saturated heterocycles. The Morgan fingerprint density at radius 2 is 2.24 bits per heavy atom. The van der Waals surface area contributed by atoms with Gasteiger partial charge in [0, 0.05) is 29.9 Å². The van der Waals surface area contributed by atoms with Crippen LogP contribution in [0.2, 0.25) is 0 Å². The molecule has 0 radical (unpaired) electrons. The van der Waals surface area contributed by atoms with Crippen molar-refractivity contribution in [1.82, 2.24) is 10.3 Å². The summed E-state index contributed by atoms with van der Waals surface area (Å²) < 4.78 is 0. The number of hydrogen-bond donors (Lipinski definition) is 2. The van der Waals surface area contributed by atoms with E-state index in [1.54, 1.807) is 0 Å². The van der Waals surface area contributed by atoms with Crippen molar-refractivity contribution < 1.29 is 0 Å². The number of nitrogens with one attached hydrogen (secondary N) is 2. The second-order valence-corrected chi connectivity index (χ2v) is 4.24. The average Bonchev–Trinajstić information content (AvgIpc) is 2.82. The number of benzene rings is 1. The van der Waals surface area contributed by atoms with Crippen LogP contribution in [0.4, 0.5) is 5.69 Å². The summed E-state index contributed by atoms with van der Waals surface area (Å²) in [7, 11) is 0. The summed E-state index contributed by atoms with van der Waals surface area (Å²) in [6.07, 6.45) is 3.03. The molecule has 1 aliphatic rings. The Balaban J connectivity index is 0.00000108. The average molecular weight is 250 g/mol. The summed E-state index contributed by atoms with van der Waals surface area (Å²) in [5.74, 6) is 0. The van der Waals surface area contributed by atoms with Gasteiger partial charge in [0.2, 0.25) is 0 Å². The first-order valence-corrected chi connectivity index (χ1v) is 5.74. The molecule has 3 rings (SSSR count). The molecule has 4 heteroatoms. The predicted molar refractivity (Wildman–Crippen MR) is 73.9 cm³/mol. The molecule has 0 bridgehead atoms. The van der Waals surface area contributed by atoms with Crippen LogP contribution in [-0.4, -0.2) is 24.1 Å². The molecule has 0 amide bonds. The van der Waals surface area contributed by atoms with E-state index in [2.05, 4.69) is 39.9 Å². The van der Waals surface area contributed by atoms with E-state index in [0.29, 0.717) is 6.04 Å². The summed E-state index contributed by atoms with van der Waals surface area (Å²) in [5, 5.41) is 8.09. The molecule has 90 valence electrons. The second kappa shape index (κ2) is 5.34. The normalized spacial score (nSPS) is 18.9. The minimum absolute atomic E-state index is 0. The molecule has 0 saturated carbocycles. The van der Waals surface area contributed by atoms with Gasteiger partial charge in [-0.05, 0) is 37.2 Å². The lowest BCUT2D eigenvalue weighted by molar-refractivity contribution is 0.793. The molecule has 3 nitrogen and oxygen atoms in total. The van der Waals surface area contributed by atoms with Crippen LogP contribution in [0, 0.1) is 0 Å². The number of aromatic nitrogens is 1. The van der Waals surface area contributed by atoms with Crippen molar-refractivity contribution in [3.63, 3.8) is 0 Å². The number of fused-ring (bicyclic) bond motifs is 1. The molecule has 1 fully saturated rings. The SMILES string of the molecule is Cl.c1cnc2ccc(N[C@@H]3CCNC3)cc2c1. The molecular formula is C13H16ClN3. The van der Waals surface area contributed by atoms with E-state index in [9.17, 15) is 0 Å². The first-order valence-electron chi connectivity index (χ1n) is 5.74. The fourth-order valence-corrected chi connectivity index (χ4v) is 2.18. The Morgan fingerprint density at radius 1 is 1.29 bits per heavy atom. The number of halogens is 1. The zero-order valence-corrected chi connectivity index (χ0v) is 10.3. The van der Waals surface area contributed by atoms with E-state index < -0.39 is 0 Å². The predicted octanol–water partition coefficient (Wildman–Crippen LogP) is 2.43. The Bertz CT molecular complexity index is 495. The molecular weight excluding hydrogens is 234 g/mol. The molecule has 1 aliphatic heterocycles. The van der Waals surface area contributed by atoms with Crippen LogP contribution < -0.4 is 10.6 Å². The summed E-state index contributed by atoms with van der Waals surface area (Å²) in [6, 6.07) is 11.0. The fraction of sp³-hybridized carbons (Fsp3) is 0.308. The first-order chi connectivity index (χ1) is 7.92. The molecule has 17 heavy (non-hydrogen) atoms. The van der Waals surface area contributed by atoms with Crippen LogP contribution in [0.3, 0.4) is 0 Å². The zero-order valence-electron chi connectivity index (χ0n) is 9.52. The van der Waals surface area contributed by atoms with Gasteiger partial charge in [0.05, 0.1) is 5.52 Å². The van der Waals surface area contributed by atoms with Crippen molar-refractivity contribution in [2.45, 2.75) is 12.5 Å². The van der Waals surface area contributed by atoms with Gasteiger partial charge in [-0.3, -0.25) is 4.98 Å². The van der Waals surface area contributed by atoms with Crippen molar-refractivity contribution in [2.75, 3.05) is 18.4 Å². The quantitative estimate of drug-likeness (QED) is 0.859. The molecule has 1 atom stereocenters. The lowest BCUT2D eigenvalue weighted by Gasteiger charge is -2.13. The van der Waals surface area contributed by atoms with Crippen LogP contribution in [0.5, 0.6) is 0 Å². The van der Waals surface area contributed by atoms with Crippen molar-refractivity contribution in [3.05, 3.63) is 36.5 Å². The molecule has 0 spiro atoms. The maximum Gasteiger partial charge on any atom is 0.0703 e. The highest BCUT2D eigenvalue weighted by Gasteiger charge is 2.13. The van der Waals surface area contributed by atoms with Gasteiger partial charge in [-0.15, -0.1) is 12.4 Å². The van der Waals surface area contributed by atoms with E-state index in [-0.39, 0.29) is 12.4 Å². The van der Waals surface area contributed by atoms with E-state index in [4.69, 9.17) is 0 Å². The molecule has 0 unspecified atom stereocenters. The number of nitrogens with zero attached hydrogens (tertiary/aromatic N) is 1. The van der Waals surface area contributed by atoms with Crippen LogP contribution in [0.15, 0.2) is 36.5 Å². The first kappa shape index (κ1) is 12.1. The lowest BCUT2D eigenvalue weighted by atomic mass is 10.2. The maximum absolute atomic E-state index is 4.31. The van der Waals surface area contributed by atoms with Crippen molar-refractivity contribution in [2.24, 2.45) is 0 Å². The van der Waals surface area contributed by atoms with Crippen LogP contribution in [-0.2, 0) is 0 Å². The van der Waals surface area contributed by atoms with Gasteiger partial charge < -0.3 is 10.6 Å². The van der Waals surface area contributed by atoms with Gasteiger partial charge in [0.1, 0.15) is 0 Å². The van der Waals surface area contributed by atoms with Gasteiger partial charge in [-0.25, -0.2) is 0 Å². The molecule has 2 aromatic rings. The number of hydrogen-bond acceptors (Lipinski definition) is 3. The van der Waals surface area contributed by atoms with Gasteiger partial charge in [-0.2, -0.15) is 0 Å². The fourth-order valence-electron chi connectivity index (χ4n) is 2.18. The summed E-state index contributed by atoms with van der Waals surface area (Å²) in [5.41, 5.74) is 2.24. The minimum Gasteiger partial charge on any atom is -0.381 e. The van der Waals surface area contributed by atoms with Gasteiger partial charge >= 0.3 is 0 Å². The molecule has 1 aromatic carbocycles. The smallest absolute Gasteiger partial charge is 0.0703 e. The van der Waals surface area contributed by atoms with Crippen molar-refractivity contribution in [3.8, 4) is 0 Å². The van der Waals surface area contributed by atoms with Gasteiger partial charge in [0.25, 0.3) is 0 Å². The van der Waals surface area contributed by atoms with Crippen molar-refractivity contribution >= 4 is 29.0 Å². The third-order valence-corrected chi connectivity index (χ3v) is 3.03. The highest BCUT2D eigenvalue weighted by molar-refractivity contribution is 5.85. The number of rotatable bonds is 2. The summed E-state index contributed by atoms with van der Waals surface area (Å²) in [6.45, 7) is 2.18. The van der Waals surface area contributed by atoms with E-state index in [1.165, 1.54) is 17.5 Å². The third kappa shape index (κ3) is 2.68. The van der Waals surface area contributed by atoms with Gasteiger partial charge in [-0.1, -0.05) is 6.07 Å². The van der Waals surface area contributed by atoms with E-state index >= 15 is 0 Å². The van der Waals surface area contributed by atoms with E-state index in [0.717, 1.165) is 18.6 Å². The van der Waals surface area contributed by atoms with Crippen LogP contribution >= 0.6 is 12.4 Å². The Kier molecular flexibility index (Phi) is 3.82. The topological polar surface area (TPSA) is 37.0 Å². The zero-order chi connectivity index (χ0) is 10.8. The largest absolute Gasteiger partial charge is 0.381 e. The molecule has 2 heterocycles. The van der Waals surface area contributed by atoms with Gasteiger partial charge in [0.15, 0.2) is 0 Å². The molecule has 2 N–H and O–H groups in total. The Morgan fingerprint density at radius 3 is 3.06 bits per heavy atom. The standard InChI is InChI=1S/C13H15N3.ClH/c1-2-10-8-11(3-4-13(10)15-6-1)16-12-5-7-14-9-12;/h1-4,6,8,12,14,16H,5,7,9H2;1H/t12-;/m1./s1. The minimum atomic E-state index is 0. The Hall–Kier alpha value is -1.32. The van der Waals surface area contributed by atoms with Crippen LogP contribution in [0.1, 0.15) is 6.42 Å². The lowest BCUT2D eigenvalue weighted by Crippen LogP contribution is -2.21. The Labute approximate surface area is 107 Å². The second-order valence-electron chi connectivity index (χ2n) is 4.24. The third-order valence-electron chi connectivity index (χ3n) is 3.03.